The first kappa shape index (κ1) is 16.5. The van der Waals surface area contributed by atoms with Gasteiger partial charge in [-0.15, -0.1) is 0 Å². The highest BCUT2D eigenvalue weighted by Gasteiger charge is 2.27. The van der Waals surface area contributed by atoms with Crippen LogP contribution in [0.4, 0.5) is 0 Å². The first-order valence-electron chi connectivity index (χ1n) is 8.63. The fourth-order valence-corrected chi connectivity index (χ4v) is 3.73. The van der Waals surface area contributed by atoms with Gasteiger partial charge in [-0.25, -0.2) is 0 Å². The Kier molecular flexibility index (Phi) is 6.25. The van der Waals surface area contributed by atoms with Crippen molar-refractivity contribution in [3.63, 3.8) is 0 Å². The summed E-state index contributed by atoms with van der Waals surface area (Å²) in [6.07, 6.45) is 5.50. The summed E-state index contributed by atoms with van der Waals surface area (Å²) in [5, 5.41) is 3.53. The Morgan fingerprint density at radius 3 is 2.33 bits per heavy atom. The van der Waals surface area contributed by atoms with Gasteiger partial charge < -0.3 is 5.32 Å². The summed E-state index contributed by atoms with van der Waals surface area (Å²) in [6.45, 7) is 9.36. The molecule has 0 radical (unpaired) electrons. The van der Waals surface area contributed by atoms with E-state index in [2.05, 4.69) is 62.3 Å². The normalized spacial score (nSPS) is 20.4. The summed E-state index contributed by atoms with van der Waals surface area (Å²) in [6, 6.07) is 9.97. The van der Waals surface area contributed by atoms with E-state index in [9.17, 15) is 0 Å². The molecule has 0 amide bonds. The van der Waals surface area contributed by atoms with Crippen molar-refractivity contribution in [2.45, 2.75) is 58.5 Å². The first-order valence-corrected chi connectivity index (χ1v) is 8.63. The zero-order valence-electron chi connectivity index (χ0n) is 14.2. The Labute approximate surface area is 130 Å². The van der Waals surface area contributed by atoms with Crippen LogP contribution in [-0.2, 0) is 0 Å². The lowest BCUT2D eigenvalue weighted by Gasteiger charge is -2.39. The molecule has 1 heterocycles. The Bertz CT molecular complexity index is 404. The lowest BCUT2D eigenvalue weighted by molar-refractivity contribution is 0.115. The number of hydrogen-bond donors (Lipinski definition) is 1. The molecule has 2 heteroatoms. The van der Waals surface area contributed by atoms with Gasteiger partial charge in [0.2, 0.25) is 0 Å². The number of piperidine rings is 1. The minimum atomic E-state index is 0.424. The van der Waals surface area contributed by atoms with E-state index in [1.54, 1.807) is 0 Å². The van der Waals surface area contributed by atoms with Gasteiger partial charge in [0.15, 0.2) is 0 Å². The summed E-state index contributed by atoms with van der Waals surface area (Å²) < 4.78 is 0. The van der Waals surface area contributed by atoms with Crippen molar-refractivity contribution in [2.24, 2.45) is 5.92 Å². The van der Waals surface area contributed by atoms with Crippen LogP contribution in [0.1, 0.15) is 56.7 Å². The molecule has 2 nitrogen and oxygen atoms in total. The Morgan fingerprint density at radius 1 is 1.19 bits per heavy atom. The quantitative estimate of drug-likeness (QED) is 0.845. The summed E-state index contributed by atoms with van der Waals surface area (Å²) in [5.41, 5.74) is 2.74. The molecule has 21 heavy (non-hydrogen) atoms. The lowest BCUT2D eigenvalue weighted by atomic mass is 9.90. The number of aryl methyl sites for hydroxylation is 1. The molecule has 1 aromatic rings. The maximum atomic E-state index is 3.53. The van der Waals surface area contributed by atoms with Gasteiger partial charge >= 0.3 is 0 Å². The van der Waals surface area contributed by atoms with Crippen LogP contribution in [0.5, 0.6) is 0 Å². The van der Waals surface area contributed by atoms with Gasteiger partial charge in [-0.1, -0.05) is 49.6 Å². The molecule has 0 aliphatic carbocycles. The van der Waals surface area contributed by atoms with Crippen molar-refractivity contribution in [2.75, 3.05) is 20.1 Å². The van der Waals surface area contributed by atoms with Crippen molar-refractivity contribution in [3.05, 3.63) is 35.4 Å². The zero-order chi connectivity index (χ0) is 15.2. The Balaban J connectivity index is 1.97. The smallest absolute Gasteiger partial charge is 0.0473 e. The highest BCUT2D eigenvalue weighted by Crippen LogP contribution is 2.27. The van der Waals surface area contributed by atoms with Gasteiger partial charge in [-0.3, -0.25) is 4.90 Å². The standard InChI is InChI=1S/C19H32N2/c1-5-6-17-11-13-21(14-12-17)16(3)19(20-4)18-9-7-15(2)8-10-18/h7-10,16-17,19-20H,5-6,11-14H2,1-4H3. The van der Waals surface area contributed by atoms with Gasteiger partial charge in [0.25, 0.3) is 0 Å². The monoisotopic (exact) mass is 288 g/mol. The van der Waals surface area contributed by atoms with E-state index in [-0.39, 0.29) is 0 Å². The number of rotatable bonds is 6. The number of benzene rings is 1. The highest BCUT2D eigenvalue weighted by atomic mass is 15.2. The third-order valence-electron chi connectivity index (χ3n) is 5.15. The van der Waals surface area contributed by atoms with Crippen molar-refractivity contribution >= 4 is 0 Å². The summed E-state index contributed by atoms with van der Waals surface area (Å²) in [5.74, 6) is 0.964. The molecule has 1 aliphatic heterocycles. The van der Waals surface area contributed by atoms with Crippen molar-refractivity contribution in [3.8, 4) is 0 Å². The van der Waals surface area contributed by atoms with Crippen LogP contribution in [0, 0.1) is 12.8 Å². The molecule has 2 rings (SSSR count). The topological polar surface area (TPSA) is 15.3 Å². The van der Waals surface area contributed by atoms with Crippen LogP contribution in [0.3, 0.4) is 0 Å². The maximum absolute atomic E-state index is 3.53. The molecule has 0 bridgehead atoms. The SMILES string of the molecule is CCCC1CCN(C(C)C(NC)c2ccc(C)cc2)CC1. The second kappa shape index (κ2) is 7.95. The highest BCUT2D eigenvalue weighted by molar-refractivity contribution is 5.25. The van der Waals surface area contributed by atoms with E-state index in [0.29, 0.717) is 12.1 Å². The van der Waals surface area contributed by atoms with Crippen LogP contribution in [0.25, 0.3) is 0 Å². The number of nitrogens with one attached hydrogen (secondary N) is 1. The second-order valence-corrected chi connectivity index (χ2v) is 6.69. The Hall–Kier alpha value is -0.860. The molecule has 1 N–H and O–H groups in total. The summed E-state index contributed by atoms with van der Waals surface area (Å²) in [4.78, 5) is 2.67. The van der Waals surface area contributed by atoms with Crippen molar-refractivity contribution < 1.29 is 0 Å². The van der Waals surface area contributed by atoms with Crippen LogP contribution < -0.4 is 5.32 Å². The summed E-state index contributed by atoms with van der Waals surface area (Å²) in [7, 11) is 2.09. The lowest BCUT2D eigenvalue weighted by Crippen LogP contribution is -2.45. The molecule has 0 aromatic heterocycles. The number of hydrogen-bond acceptors (Lipinski definition) is 2. The van der Waals surface area contributed by atoms with Gasteiger partial charge in [-0.05, 0) is 58.3 Å². The number of nitrogens with zero attached hydrogens (tertiary/aromatic N) is 1. The summed E-state index contributed by atoms with van der Waals surface area (Å²) >= 11 is 0. The minimum absolute atomic E-state index is 0.424. The van der Waals surface area contributed by atoms with Gasteiger partial charge in [0.05, 0.1) is 0 Å². The van der Waals surface area contributed by atoms with E-state index >= 15 is 0 Å². The van der Waals surface area contributed by atoms with Gasteiger partial charge in [0, 0.05) is 12.1 Å². The van der Waals surface area contributed by atoms with E-state index in [0.717, 1.165) is 5.92 Å². The fraction of sp³-hybridized carbons (Fsp3) is 0.684. The molecule has 1 fully saturated rings. The Morgan fingerprint density at radius 2 is 1.81 bits per heavy atom. The van der Waals surface area contributed by atoms with Crippen molar-refractivity contribution in [1.29, 1.82) is 0 Å². The molecule has 0 saturated carbocycles. The van der Waals surface area contributed by atoms with E-state index < -0.39 is 0 Å². The predicted molar refractivity (Wildman–Crippen MR) is 91.6 cm³/mol. The average molecular weight is 288 g/mol. The van der Waals surface area contributed by atoms with Gasteiger partial charge in [0.1, 0.15) is 0 Å². The zero-order valence-corrected chi connectivity index (χ0v) is 14.2. The van der Waals surface area contributed by atoms with Gasteiger partial charge in [-0.2, -0.15) is 0 Å². The van der Waals surface area contributed by atoms with Crippen LogP contribution in [0.2, 0.25) is 0 Å². The third kappa shape index (κ3) is 4.31. The molecule has 1 saturated heterocycles. The molecule has 2 unspecified atom stereocenters. The third-order valence-corrected chi connectivity index (χ3v) is 5.15. The average Bonchev–Trinajstić information content (AvgIpc) is 2.51. The van der Waals surface area contributed by atoms with E-state index in [1.165, 1.54) is 49.9 Å². The van der Waals surface area contributed by atoms with Crippen LogP contribution >= 0.6 is 0 Å². The molecule has 2 atom stereocenters. The largest absolute Gasteiger partial charge is 0.312 e. The molecule has 1 aliphatic rings. The molecular weight excluding hydrogens is 256 g/mol. The van der Waals surface area contributed by atoms with E-state index in [4.69, 9.17) is 0 Å². The fourth-order valence-electron chi connectivity index (χ4n) is 3.73. The first-order chi connectivity index (χ1) is 10.2. The molecular formula is C19H32N2. The molecule has 1 aromatic carbocycles. The minimum Gasteiger partial charge on any atom is -0.312 e. The van der Waals surface area contributed by atoms with Crippen molar-refractivity contribution in [1.82, 2.24) is 10.2 Å². The molecule has 0 spiro atoms. The maximum Gasteiger partial charge on any atom is 0.0473 e. The molecule has 118 valence electrons. The number of likely N-dealkylation sites (N-methyl/N-ethyl adjacent to an activating group) is 1. The predicted octanol–water partition coefficient (Wildman–Crippen LogP) is 4.16. The van der Waals surface area contributed by atoms with Crippen LogP contribution in [0.15, 0.2) is 24.3 Å². The second-order valence-electron chi connectivity index (χ2n) is 6.69. The van der Waals surface area contributed by atoms with Crippen LogP contribution in [-0.4, -0.2) is 31.1 Å². The number of likely N-dealkylation sites (tertiary alicyclic amines) is 1. The van der Waals surface area contributed by atoms with E-state index in [1.807, 2.05) is 0 Å².